The highest BCUT2D eigenvalue weighted by atomic mass is 16.7. The number of aliphatic hydroxyl groups excluding tert-OH is 1. The zero-order valence-electron chi connectivity index (χ0n) is 21.8. The van der Waals surface area contributed by atoms with Gasteiger partial charge in [-0.3, -0.25) is 14.6 Å². The zero-order valence-corrected chi connectivity index (χ0v) is 21.8. The number of epoxide rings is 1. The van der Waals surface area contributed by atoms with Crippen molar-refractivity contribution in [3.05, 3.63) is 11.6 Å². The first-order valence-corrected chi connectivity index (χ1v) is 13.4. The number of fused-ring (bicyclic) bond motifs is 2. The summed E-state index contributed by atoms with van der Waals surface area (Å²) >= 11 is 0. The molecular formula is C26H41N5O6. The Balaban J connectivity index is 1.56. The van der Waals surface area contributed by atoms with Gasteiger partial charge in [0.2, 0.25) is 0 Å². The number of hydrogen-bond donors (Lipinski definition) is 5. The number of piperidine rings is 1. The first-order chi connectivity index (χ1) is 17.7. The average molecular weight is 520 g/mol. The molecule has 2 aliphatic carbocycles. The van der Waals surface area contributed by atoms with Gasteiger partial charge in [-0.15, -0.1) is 0 Å². The molecule has 4 fully saturated rings. The molecule has 0 amide bonds. The number of aliphatic hydroxyl groups is 1. The third-order valence-electron chi connectivity index (χ3n) is 8.55. The van der Waals surface area contributed by atoms with E-state index < -0.39 is 29.0 Å². The largest absolute Gasteiger partial charge is 0.461 e. The maximum atomic E-state index is 13.7. The van der Waals surface area contributed by atoms with Crippen LogP contribution in [0.2, 0.25) is 0 Å². The third-order valence-corrected chi connectivity index (χ3v) is 8.55. The number of guanidine groups is 1. The summed E-state index contributed by atoms with van der Waals surface area (Å²) in [5.41, 5.74) is 9.66. The van der Waals surface area contributed by atoms with E-state index in [9.17, 15) is 14.4 Å². The minimum atomic E-state index is -1.91. The monoisotopic (exact) mass is 519 g/mol. The number of nitrogens with two attached hydrogens (primary N) is 2. The fourth-order valence-electron chi connectivity index (χ4n) is 6.55. The van der Waals surface area contributed by atoms with E-state index in [2.05, 4.69) is 15.6 Å². The summed E-state index contributed by atoms with van der Waals surface area (Å²) in [5, 5.41) is 15.7. The molecule has 11 heteroatoms. The molecule has 0 aromatic rings. The summed E-state index contributed by atoms with van der Waals surface area (Å²) in [6.45, 7) is 2.14. The van der Waals surface area contributed by atoms with Gasteiger partial charge in [-0.25, -0.2) is 4.79 Å². The van der Waals surface area contributed by atoms with Gasteiger partial charge in [-0.2, -0.15) is 0 Å². The van der Waals surface area contributed by atoms with Gasteiger partial charge in [0, 0.05) is 31.3 Å². The Kier molecular flexibility index (Phi) is 8.37. The number of Topliss-reactive ketones (excluding diaryl/α,β-unsaturated/α-hetero) is 2. The Bertz CT molecular complexity index is 969. The van der Waals surface area contributed by atoms with Crippen molar-refractivity contribution < 1.29 is 29.0 Å². The molecule has 7 atom stereocenters. The number of hydrogen-bond acceptors (Lipinski definition) is 9. The van der Waals surface area contributed by atoms with Crippen LogP contribution in [0.25, 0.3) is 0 Å². The Morgan fingerprint density at radius 1 is 1.30 bits per heavy atom. The Morgan fingerprint density at radius 3 is 2.65 bits per heavy atom. The van der Waals surface area contributed by atoms with E-state index in [0.717, 1.165) is 37.8 Å². The third kappa shape index (κ3) is 5.06. The molecule has 2 heterocycles. The van der Waals surface area contributed by atoms with Gasteiger partial charge in [0.25, 0.3) is 5.60 Å². The summed E-state index contributed by atoms with van der Waals surface area (Å²) in [6.07, 6.45) is 7.16. The molecule has 0 aromatic heterocycles. The van der Waals surface area contributed by atoms with E-state index in [4.69, 9.17) is 26.0 Å². The molecular weight excluding hydrogens is 478 g/mol. The number of nitrogens with zero attached hydrogens (tertiary/aromatic N) is 1. The predicted octanol–water partition coefficient (Wildman–Crippen LogP) is -0.0985. The number of ketones is 2. The average Bonchev–Trinajstić information content (AvgIpc) is 3.61. The number of esters is 1. The van der Waals surface area contributed by atoms with Gasteiger partial charge in [-0.05, 0) is 51.5 Å². The van der Waals surface area contributed by atoms with Crippen molar-refractivity contribution in [2.75, 3.05) is 26.8 Å². The molecule has 0 bridgehead atoms. The molecule has 37 heavy (non-hydrogen) atoms. The van der Waals surface area contributed by atoms with Gasteiger partial charge in [0.05, 0.1) is 12.8 Å². The highest BCUT2D eigenvalue weighted by molar-refractivity contribution is 6.23. The van der Waals surface area contributed by atoms with Crippen LogP contribution in [0.1, 0.15) is 58.3 Å². The topological polar surface area (TPSA) is 182 Å². The number of carbonyl (C=O) groups excluding carboxylic acids is 3. The molecule has 7 unspecified atom stereocenters. The van der Waals surface area contributed by atoms with E-state index in [1.54, 1.807) is 7.05 Å². The van der Waals surface area contributed by atoms with Crippen molar-refractivity contribution >= 4 is 23.5 Å². The summed E-state index contributed by atoms with van der Waals surface area (Å²) in [7, 11) is 1.62. The molecule has 206 valence electrons. The Morgan fingerprint density at radius 2 is 2.00 bits per heavy atom. The van der Waals surface area contributed by atoms with Crippen LogP contribution in [0.5, 0.6) is 0 Å². The van der Waals surface area contributed by atoms with Crippen LogP contribution in [-0.4, -0.2) is 78.8 Å². The number of ether oxygens (including phenoxy) is 2. The normalized spacial score (nSPS) is 36.9. The van der Waals surface area contributed by atoms with Gasteiger partial charge >= 0.3 is 5.97 Å². The first-order valence-electron chi connectivity index (χ1n) is 13.4. The maximum Gasteiger partial charge on any atom is 0.350 e. The molecule has 11 nitrogen and oxygen atoms in total. The van der Waals surface area contributed by atoms with E-state index in [1.165, 1.54) is 0 Å². The summed E-state index contributed by atoms with van der Waals surface area (Å²) in [6, 6.07) is -0.0172. The van der Waals surface area contributed by atoms with Crippen molar-refractivity contribution in [2.45, 2.75) is 81.7 Å². The van der Waals surface area contributed by atoms with Crippen LogP contribution in [0.4, 0.5) is 0 Å². The molecule has 0 radical (unpaired) electrons. The Hall–Kier alpha value is -2.34. The van der Waals surface area contributed by atoms with Crippen LogP contribution in [-0.2, 0) is 23.9 Å². The highest BCUT2D eigenvalue weighted by Gasteiger charge is 2.86. The molecule has 2 saturated carbocycles. The van der Waals surface area contributed by atoms with Gasteiger partial charge in [0.1, 0.15) is 6.61 Å². The predicted molar refractivity (Wildman–Crippen MR) is 136 cm³/mol. The molecule has 4 rings (SSSR count). The van der Waals surface area contributed by atoms with Crippen molar-refractivity contribution in [1.82, 2.24) is 10.6 Å². The summed E-state index contributed by atoms with van der Waals surface area (Å²) < 4.78 is 11.1. The number of aliphatic imine (C=N–C) groups is 1. The lowest BCUT2D eigenvalue weighted by atomic mass is 9.61. The standard InChI is InChI=1S/C26H41N5O6/c1-15(13-19(31-24(28)29-2)16-8-10-30-20(27)14-16)7-9-25-21(33)17-5-3-4-6-18(17)22(34)26(25,37-25)23(35)36-12-11-32/h7,16-20,30,32H,3-6,8-14,27H2,1-2H3,(H3,28,29,31). The fraction of sp³-hybridized carbons (Fsp3) is 0.769. The van der Waals surface area contributed by atoms with Crippen LogP contribution >= 0.6 is 0 Å². The van der Waals surface area contributed by atoms with Crippen molar-refractivity contribution in [2.24, 2.45) is 34.2 Å². The number of carbonyl (C=O) groups is 3. The fourth-order valence-corrected chi connectivity index (χ4v) is 6.55. The second kappa shape index (κ2) is 11.2. The maximum absolute atomic E-state index is 13.7. The van der Waals surface area contributed by atoms with Gasteiger partial charge < -0.3 is 36.7 Å². The number of nitrogens with one attached hydrogen (secondary N) is 2. The second-order valence-electron chi connectivity index (χ2n) is 10.9. The molecule has 0 spiro atoms. The lowest BCUT2D eigenvalue weighted by molar-refractivity contribution is -0.159. The minimum absolute atomic E-state index is 0.0172. The van der Waals surface area contributed by atoms with Crippen LogP contribution in [0, 0.1) is 17.8 Å². The van der Waals surface area contributed by atoms with E-state index in [-0.39, 0.29) is 49.3 Å². The lowest BCUT2D eigenvalue weighted by Crippen LogP contribution is -2.58. The van der Waals surface area contributed by atoms with Crippen LogP contribution in [0.15, 0.2) is 16.6 Å². The SMILES string of the molecule is CN=C(N)NC(CC(C)=CCC12OC1(C(=O)OCCO)C(=O)C1CCCCC1C2=O)C1CCNC(N)C1. The second-order valence-corrected chi connectivity index (χ2v) is 10.9. The molecule has 7 N–H and O–H groups in total. The first kappa shape index (κ1) is 27.7. The Labute approximate surface area is 217 Å². The lowest BCUT2D eigenvalue weighted by Gasteiger charge is -2.36. The van der Waals surface area contributed by atoms with Crippen LogP contribution in [0.3, 0.4) is 0 Å². The highest BCUT2D eigenvalue weighted by Crippen LogP contribution is 2.61. The molecule has 0 aromatic carbocycles. The van der Waals surface area contributed by atoms with Gasteiger partial charge in [0.15, 0.2) is 23.1 Å². The van der Waals surface area contributed by atoms with E-state index in [0.29, 0.717) is 25.2 Å². The quantitative estimate of drug-likeness (QED) is 0.0689. The smallest absolute Gasteiger partial charge is 0.350 e. The number of rotatable bonds is 9. The zero-order chi connectivity index (χ0) is 26.8. The van der Waals surface area contributed by atoms with Crippen molar-refractivity contribution in [3.63, 3.8) is 0 Å². The molecule has 2 saturated heterocycles. The summed E-state index contributed by atoms with van der Waals surface area (Å²) in [5.74, 6) is -1.73. The molecule has 4 aliphatic rings. The molecule has 2 aliphatic heterocycles. The van der Waals surface area contributed by atoms with Crippen molar-refractivity contribution in [3.8, 4) is 0 Å². The van der Waals surface area contributed by atoms with Crippen molar-refractivity contribution in [1.29, 1.82) is 0 Å². The minimum Gasteiger partial charge on any atom is -0.461 e. The summed E-state index contributed by atoms with van der Waals surface area (Å²) in [4.78, 5) is 44.4. The van der Waals surface area contributed by atoms with Crippen LogP contribution < -0.4 is 22.1 Å². The van der Waals surface area contributed by atoms with E-state index in [1.807, 2.05) is 13.0 Å². The van der Waals surface area contributed by atoms with E-state index >= 15 is 0 Å². The van der Waals surface area contributed by atoms with Gasteiger partial charge in [-0.1, -0.05) is 24.5 Å².